The summed E-state index contributed by atoms with van der Waals surface area (Å²) in [6.07, 6.45) is 2.26. The Hall–Kier alpha value is -0.900. The number of rotatable bonds is 3. The summed E-state index contributed by atoms with van der Waals surface area (Å²) in [5, 5.41) is 15.7. The van der Waals surface area contributed by atoms with Gasteiger partial charge >= 0.3 is 0 Å². The van der Waals surface area contributed by atoms with Gasteiger partial charge in [-0.3, -0.25) is 5.41 Å². The summed E-state index contributed by atoms with van der Waals surface area (Å²) >= 11 is 0. The van der Waals surface area contributed by atoms with E-state index in [4.69, 9.17) is 16.2 Å². The molecule has 0 bridgehead atoms. The molecule has 0 aromatic heterocycles. The van der Waals surface area contributed by atoms with Gasteiger partial charge in [-0.2, -0.15) is 0 Å². The van der Waals surface area contributed by atoms with E-state index in [0.717, 1.165) is 0 Å². The van der Waals surface area contributed by atoms with E-state index in [1.54, 1.807) is 0 Å². The van der Waals surface area contributed by atoms with Gasteiger partial charge in [0.15, 0.2) is 0 Å². The molecule has 0 rings (SSSR count). The first-order valence-corrected chi connectivity index (χ1v) is 3.21. The maximum Gasteiger partial charge on any atom is 0.212 e. The molecule has 4 N–H and O–H groups in total. The van der Waals surface area contributed by atoms with Crippen molar-refractivity contribution in [3.8, 4) is 0 Å². The monoisotopic (exact) mass is 143 g/mol. The molecule has 0 fully saturated rings. The molecule has 0 aliphatic carbocycles. The summed E-state index contributed by atoms with van der Waals surface area (Å²) in [5.41, 5.74) is 4.92. The second kappa shape index (κ2) is 4.93. The van der Waals surface area contributed by atoms with Crippen molar-refractivity contribution in [2.24, 2.45) is 10.7 Å². The van der Waals surface area contributed by atoms with Crippen LogP contribution in [-0.4, -0.2) is 23.4 Å². The molecule has 0 aliphatic rings. The molecule has 4 heteroatoms. The van der Waals surface area contributed by atoms with Crippen molar-refractivity contribution in [2.45, 2.75) is 25.9 Å². The van der Waals surface area contributed by atoms with Crippen molar-refractivity contribution >= 4 is 12.2 Å². The predicted molar refractivity (Wildman–Crippen MR) is 41.3 cm³/mol. The topological polar surface area (TPSA) is 82.5 Å². The third-order valence-corrected chi connectivity index (χ3v) is 1.08. The average molecular weight is 143 g/mol. The third-order valence-electron chi connectivity index (χ3n) is 1.08. The zero-order chi connectivity index (χ0) is 7.98. The second-order valence-electron chi connectivity index (χ2n) is 1.99. The molecule has 1 atom stereocenters. The average Bonchev–Trinajstić information content (AvgIpc) is 1.87. The van der Waals surface area contributed by atoms with Crippen molar-refractivity contribution < 1.29 is 5.11 Å². The van der Waals surface area contributed by atoms with Gasteiger partial charge in [-0.1, -0.05) is 6.92 Å². The van der Waals surface area contributed by atoms with Gasteiger partial charge in [0, 0.05) is 12.6 Å². The normalized spacial score (nSPS) is 13.8. The number of aliphatic imine (C=N–C) groups is 1. The van der Waals surface area contributed by atoms with Crippen LogP contribution in [0.25, 0.3) is 0 Å². The van der Waals surface area contributed by atoms with Gasteiger partial charge in [-0.05, 0) is 6.42 Å². The molecule has 0 saturated carbocycles. The minimum Gasteiger partial charge on any atom is -0.393 e. The van der Waals surface area contributed by atoms with Gasteiger partial charge in [0.1, 0.15) is 0 Å². The number of nitrogens with two attached hydrogens (primary N) is 1. The molecule has 0 aliphatic heterocycles. The minimum atomic E-state index is -0.358. The van der Waals surface area contributed by atoms with E-state index >= 15 is 0 Å². The van der Waals surface area contributed by atoms with Crippen LogP contribution in [0.5, 0.6) is 0 Å². The zero-order valence-corrected chi connectivity index (χ0v) is 6.04. The van der Waals surface area contributed by atoms with E-state index in [1.807, 2.05) is 6.92 Å². The highest BCUT2D eigenvalue weighted by Gasteiger charge is 1.95. The van der Waals surface area contributed by atoms with Crippen LogP contribution < -0.4 is 5.73 Å². The summed E-state index contributed by atoms with van der Waals surface area (Å²) in [7, 11) is 0. The first-order chi connectivity index (χ1) is 4.66. The molecule has 58 valence electrons. The highest BCUT2D eigenvalue weighted by atomic mass is 16.3. The Kier molecular flexibility index (Phi) is 4.49. The first-order valence-electron chi connectivity index (χ1n) is 3.21. The Labute approximate surface area is 60.3 Å². The quantitative estimate of drug-likeness (QED) is 0.387. The van der Waals surface area contributed by atoms with Crippen LogP contribution in [0.4, 0.5) is 0 Å². The summed E-state index contributed by atoms with van der Waals surface area (Å²) in [5.74, 6) is -0.219. The summed E-state index contributed by atoms with van der Waals surface area (Å²) < 4.78 is 0. The van der Waals surface area contributed by atoms with E-state index in [1.165, 1.54) is 6.21 Å². The van der Waals surface area contributed by atoms with E-state index < -0.39 is 0 Å². The fourth-order valence-corrected chi connectivity index (χ4v) is 0.439. The van der Waals surface area contributed by atoms with Crippen molar-refractivity contribution in [1.29, 1.82) is 5.41 Å². The zero-order valence-electron chi connectivity index (χ0n) is 6.04. The Morgan fingerprint density at radius 1 is 1.90 bits per heavy atom. The lowest BCUT2D eigenvalue weighted by molar-refractivity contribution is 0.179. The largest absolute Gasteiger partial charge is 0.393 e. The Bertz CT molecular complexity index is 133. The number of hydrogen-bond donors (Lipinski definition) is 3. The van der Waals surface area contributed by atoms with Gasteiger partial charge in [0.05, 0.1) is 6.10 Å². The molecule has 0 heterocycles. The molecule has 4 nitrogen and oxygen atoms in total. The van der Waals surface area contributed by atoms with Crippen LogP contribution in [0.15, 0.2) is 4.99 Å². The van der Waals surface area contributed by atoms with E-state index in [0.29, 0.717) is 12.8 Å². The minimum absolute atomic E-state index is 0.219. The molecule has 0 aromatic rings. The van der Waals surface area contributed by atoms with Gasteiger partial charge in [0.25, 0.3) is 0 Å². The molecule has 0 amide bonds. The molecule has 0 aromatic carbocycles. The molecular weight excluding hydrogens is 130 g/mol. The van der Waals surface area contributed by atoms with E-state index in [-0.39, 0.29) is 12.1 Å². The fraction of sp³-hybridized carbons (Fsp3) is 0.667. The fourth-order valence-electron chi connectivity index (χ4n) is 0.439. The highest BCUT2D eigenvalue weighted by Crippen LogP contribution is 1.92. The van der Waals surface area contributed by atoms with Crippen LogP contribution in [0.2, 0.25) is 0 Å². The lowest BCUT2D eigenvalue weighted by Crippen LogP contribution is -2.08. The van der Waals surface area contributed by atoms with Crippen LogP contribution in [-0.2, 0) is 0 Å². The Balaban J connectivity index is 3.43. The molecule has 1 unspecified atom stereocenters. The highest BCUT2D eigenvalue weighted by molar-refractivity contribution is 5.83. The third kappa shape index (κ3) is 5.24. The van der Waals surface area contributed by atoms with Crippen molar-refractivity contribution in [3.05, 3.63) is 0 Å². The SMILES string of the molecule is CCC(O)CC=NC(=N)N. The van der Waals surface area contributed by atoms with E-state index in [2.05, 4.69) is 4.99 Å². The lowest BCUT2D eigenvalue weighted by Gasteiger charge is -2.00. The number of aliphatic hydroxyl groups excluding tert-OH is 1. The van der Waals surface area contributed by atoms with Gasteiger partial charge in [-0.25, -0.2) is 4.99 Å². The van der Waals surface area contributed by atoms with Crippen molar-refractivity contribution in [1.82, 2.24) is 0 Å². The maximum atomic E-state index is 8.97. The van der Waals surface area contributed by atoms with E-state index in [9.17, 15) is 0 Å². The maximum absolute atomic E-state index is 8.97. The summed E-state index contributed by atoms with van der Waals surface area (Å²) in [6.45, 7) is 1.88. The smallest absolute Gasteiger partial charge is 0.212 e. The number of nitrogens with zero attached hydrogens (tertiary/aromatic N) is 1. The van der Waals surface area contributed by atoms with Gasteiger partial charge in [0.2, 0.25) is 5.96 Å². The number of hydrogen-bond acceptors (Lipinski definition) is 2. The second-order valence-corrected chi connectivity index (χ2v) is 1.99. The van der Waals surface area contributed by atoms with Gasteiger partial charge in [-0.15, -0.1) is 0 Å². The van der Waals surface area contributed by atoms with Crippen molar-refractivity contribution in [3.63, 3.8) is 0 Å². The standard InChI is InChI=1S/C6H13N3O/c1-2-5(10)3-4-9-6(7)8/h4-5,10H,2-3H2,1H3,(H3,7,8). The van der Waals surface area contributed by atoms with Crippen LogP contribution >= 0.6 is 0 Å². The number of aliphatic hydroxyl groups is 1. The molecule has 0 saturated heterocycles. The van der Waals surface area contributed by atoms with Gasteiger partial charge < -0.3 is 10.8 Å². The molecular formula is C6H13N3O. The Morgan fingerprint density at radius 2 is 2.50 bits per heavy atom. The lowest BCUT2D eigenvalue weighted by atomic mass is 10.2. The number of guanidine groups is 1. The van der Waals surface area contributed by atoms with Crippen molar-refractivity contribution in [2.75, 3.05) is 0 Å². The van der Waals surface area contributed by atoms with Crippen LogP contribution in [0, 0.1) is 5.41 Å². The predicted octanol–water partition coefficient (Wildman–Crippen LogP) is 0.112. The molecule has 0 spiro atoms. The van der Waals surface area contributed by atoms with Crippen LogP contribution in [0.1, 0.15) is 19.8 Å². The molecule has 10 heavy (non-hydrogen) atoms. The number of nitrogens with one attached hydrogen (secondary N) is 1. The summed E-state index contributed by atoms with van der Waals surface area (Å²) in [6, 6.07) is 0. The summed E-state index contributed by atoms with van der Waals surface area (Å²) in [4.78, 5) is 3.49. The van der Waals surface area contributed by atoms with Crippen LogP contribution in [0.3, 0.4) is 0 Å². The first kappa shape index (κ1) is 9.10. The Morgan fingerprint density at radius 3 is 2.90 bits per heavy atom. The molecule has 0 radical (unpaired) electrons.